The fraction of sp³-hybridized carbons (Fsp3) is 0.900. The maximum atomic E-state index is 6.78. The lowest BCUT2D eigenvalue weighted by Crippen LogP contribution is -2.58. The van der Waals surface area contributed by atoms with Gasteiger partial charge in [0, 0.05) is 6.42 Å². The van der Waals surface area contributed by atoms with Crippen LogP contribution < -0.4 is 0 Å². The number of ether oxygens (including phenoxy) is 1. The van der Waals surface area contributed by atoms with Crippen molar-refractivity contribution < 1.29 is 13.6 Å². The average molecular weight is 385 g/mol. The predicted octanol–water partition coefficient (Wildman–Crippen LogP) is 5.58. The standard InChI is InChI=1S/C20H40O3Si2/c1-13-16-14-17(22-24(9,10)19(3,4)5)18(15(2)21-16)23-25(11,12)20(6,7)8/h1,15-18H,14H2,2-12H3/t15-,16+,17-,18-/m1/s1. The van der Waals surface area contributed by atoms with Crippen LogP contribution in [0.3, 0.4) is 0 Å². The number of terminal acetylenes is 1. The van der Waals surface area contributed by atoms with E-state index in [1.807, 2.05) is 0 Å². The molecule has 0 aromatic rings. The van der Waals surface area contributed by atoms with Crippen molar-refractivity contribution in [3.8, 4) is 12.3 Å². The molecule has 0 N–H and O–H groups in total. The Labute approximate surface area is 158 Å². The fourth-order valence-electron chi connectivity index (χ4n) is 2.51. The quantitative estimate of drug-likeness (QED) is 0.468. The van der Waals surface area contributed by atoms with Crippen LogP contribution in [-0.2, 0) is 13.6 Å². The van der Waals surface area contributed by atoms with E-state index in [-0.39, 0.29) is 34.5 Å². The Kier molecular flexibility index (Phi) is 6.85. The minimum absolute atomic E-state index is 0.000170. The predicted molar refractivity (Wildman–Crippen MR) is 112 cm³/mol. The second kappa shape index (κ2) is 7.48. The number of rotatable bonds is 4. The van der Waals surface area contributed by atoms with Crippen molar-refractivity contribution >= 4 is 16.6 Å². The first-order chi connectivity index (χ1) is 11.0. The van der Waals surface area contributed by atoms with Gasteiger partial charge in [0.15, 0.2) is 16.6 Å². The SMILES string of the molecule is C#C[C@H]1C[C@@H](O[Si](C)(C)C(C)(C)C)[C@H](O[Si](C)(C)C(C)(C)C)[C@@H](C)O1. The average Bonchev–Trinajstić information content (AvgIpc) is 2.39. The largest absolute Gasteiger partial charge is 0.411 e. The van der Waals surface area contributed by atoms with Gasteiger partial charge < -0.3 is 13.6 Å². The Balaban J connectivity index is 3.12. The van der Waals surface area contributed by atoms with Crippen molar-refractivity contribution in [3.63, 3.8) is 0 Å². The van der Waals surface area contributed by atoms with Gasteiger partial charge in [-0.15, -0.1) is 6.42 Å². The molecule has 0 radical (unpaired) electrons. The van der Waals surface area contributed by atoms with Crippen LogP contribution >= 0.6 is 0 Å². The van der Waals surface area contributed by atoms with Crippen LogP contribution in [0.4, 0.5) is 0 Å². The lowest BCUT2D eigenvalue weighted by Gasteiger charge is -2.49. The van der Waals surface area contributed by atoms with E-state index in [0.717, 1.165) is 0 Å². The van der Waals surface area contributed by atoms with Crippen molar-refractivity contribution in [1.82, 2.24) is 0 Å². The summed E-state index contributed by atoms with van der Waals surface area (Å²) in [5.41, 5.74) is 0. The lowest BCUT2D eigenvalue weighted by molar-refractivity contribution is -0.135. The molecule has 146 valence electrons. The molecule has 0 saturated carbocycles. The van der Waals surface area contributed by atoms with Crippen molar-refractivity contribution in [2.45, 2.75) is 116 Å². The third-order valence-electron chi connectivity index (χ3n) is 6.33. The highest BCUT2D eigenvalue weighted by Crippen LogP contribution is 2.42. The lowest BCUT2D eigenvalue weighted by atomic mass is 9.99. The van der Waals surface area contributed by atoms with Crippen molar-refractivity contribution in [1.29, 1.82) is 0 Å². The molecule has 1 fully saturated rings. The summed E-state index contributed by atoms with van der Waals surface area (Å²) in [7, 11) is -3.84. The highest BCUT2D eigenvalue weighted by molar-refractivity contribution is 6.74. The first-order valence-electron chi connectivity index (χ1n) is 9.49. The zero-order valence-corrected chi connectivity index (χ0v) is 20.3. The van der Waals surface area contributed by atoms with E-state index in [2.05, 4.69) is 80.6 Å². The van der Waals surface area contributed by atoms with Crippen LogP contribution in [0, 0.1) is 12.3 Å². The zero-order chi connectivity index (χ0) is 19.8. The Morgan fingerprint density at radius 1 is 0.920 bits per heavy atom. The second-order valence-corrected chi connectivity index (χ2v) is 20.0. The summed E-state index contributed by atoms with van der Waals surface area (Å²) in [6.45, 7) is 24.8. The molecule has 1 heterocycles. The Morgan fingerprint density at radius 3 is 1.76 bits per heavy atom. The van der Waals surface area contributed by atoms with E-state index in [1.165, 1.54) is 0 Å². The van der Waals surface area contributed by atoms with Gasteiger partial charge in [-0.2, -0.15) is 0 Å². The van der Waals surface area contributed by atoms with Gasteiger partial charge in [0.2, 0.25) is 0 Å². The minimum atomic E-state index is -1.93. The summed E-state index contributed by atoms with van der Waals surface area (Å²) < 4.78 is 19.6. The smallest absolute Gasteiger partial charge is 0.192 e. The van der Waals surface area contributed by atoms with Gasteiger partial charge in [0.05, 0.1) is 18.3 Å². The molecule has 0 unspecified atom stereocenters. The molecule has 0 aromatic heterocycles. The van der Waals surface area contributed by atoms with Gasteiger partial charge in [-0.3, -0.25) is 0 Å². The van der Waals surface area contributed by atoms with E-state index >= 15 is 0 Å². The molecule has 0 bridgehead atoms. The maximum absolute atomic E-state index is 6.78. The van der Waals surface area contributed by atoms with Crippen LogP contribution in [0.5, 0.6) is 0 Å². The van der Waals surface area contributed by atoms with E-state index in [9.17, 15) is 0 Å². The molecule has 1 saturated heterocycles. The van der Waals surface area contributed by atoms with E-state index in [4.69, 9.17) is 20.0 Å². The number of hydrogen-bond acceptors (Lipinski definition) is 3. The Hall–Kier alpha value is -0.126. The summed E-state index contributed by atoms with van der Waals surface area (Å²) in [6.07, 6.45) is 6.08. The van der Waals surface area contributed by atoms with Crippen molar-refractivity contribution in [3.05, 3.63) is 0 Å². The Bertz CT molecular complexity index is 495. The molecule has 4 atom stereocenters. The normalized spacial score (nSPS) is 29.4. The molecule has 0 amide bonds. The van der Waals surface area contributed by atoms with Crippen LogP contribution in [-0.4, -0.2) is 41.1 Å². The topological polar surface area (TPSA) is 27.7 Å². The third kappa shape index (κ3) is 5.43. The van der Waals surface area contributed by atoms with Gasteiger partial charge in [-0.05, 0) is 43.2 Å². The molecule has 1 aliphatic rings. The molecule has 3 nitrogen and oxygen atoms in total. The van der Waals surface area contributed by atoms with Gasteiger partial charge in [-0.25, -0.2) is 0 Å². The van der Waals surface area contributed by atoms with E-state index < -0.39 is 16.6 Å². The van der Waals surface area contributed by atoms with E-state index in [1.54, 1.807) is 0 Å². The fourth-order valence-corrected chi connectivity index (χ4v) is 5.22. The van der Waals surface area contributed by atoms with Crippen LogP contribution in [0.25, 0.3) is 0 Å². The monoisotopic (exact) mass is 384 g/mol. The van der Waals surface area contributed by atoms with Crippen LogP contribution in [0.2, 0.25) is 36.3 Å². The summed E-state index contributed by atoms with van der Waals surface area (Å²) in [6, 6.07) is 0. The molecule has 1 aliphatic heterocycles. The third-order valence-corrected chi connectivity index (χ3v) is 15.3. The van der Waals surface area contributed by atoms with Crippen molar-refractivity contribution in [2.75, 3.05) is 0 Å². The van der Waals surface area contributed by atoms with Crippen LogP contribution in [0.15, 0.2) is 0 Å². The van der Waals surface area contributed by atoms with Crippen molar-refractivity contribution in [2.24, 2.45) is 0 Å². The van der Waals surface area contributed by atoms with Gasteiger partial charge in [0.1, 0.15) is 6.10 Å². The summed E-state index contributed by atoms with van der Waals surface area (Å²) >= 11 is 0. The van der Waals surface area contributed by atoms with Gasteiger partial charge >= 0.3 is 0 Å². The zero-order valence-electron chi connectivity index (χ0n) is 18.3. The van der Waals surface area contributed by atoms with E-state index in [0.29, 0.717) is 6.42 Å². The first kappa shape index (κ1) is 22.9. The second-order valence-electron chi connectivity index (χ2n) is 10.5. The van der Waals surface area contributed by atoms with Gasteiger partial charge in [0.25, 0.3) is 0 Å². The van der Waals surface area contributed by atoms with Crippen LogP contribution in [0.1, 0.15) is 54.9 Å². The molecule has 5 heteroatoms. The number of hydrogen-bond donors (Lipinski definition) is 0. The molecule has 0 spiro atoms. The summed E-state index contributed by atoms with van der Waals surface area (Å²) in [4.78, 5) is 0. The molecule has 0 aliphatic carbocycles. The summed E-state index contributed by atoms with van der Waals surface area (Å²) in [5, 5.41) is 0.304. The Morgan fingerprint density at radius 2 is 1.36 bits per heavy atom. The summed E-state index contributed by atoms with van der Waals surface area (Å²) in [5.74, 6) is 2.77. The molecular weight excluding hydrogens is 344 g/mol. The first-order valence-corrected chi connectivity index (χ1v) is 15.3. The molecule has 1 rings (SSSR count). The molecule has 25 heavy (non-hydrogen) atoms. The highest BCUT2D eigenvalue weighted by Gasteiger charge is 2.48. The highest BCUT2D eigenvalue weighted by atomic mass is 28.4. The van der Waals surface area contributed by atoms with Gasteiger partial charge in [-0.1, -0.05) is 47.5 Å². The maximum Gasteiger partial charge on any atom is 0.192 e. The minimum Gasteiger partial charge on any atom is -0.411 e. The molecule has 0 aromatic carbocycles. The molecular formula is C20H40O3Si2.